The van der Waals surface area contributed by atoms with Crippen molar-refractivity contribution in [2.75, 3.05) is 6.54 Å². The molecule has 1 aliphatic rings. The molecule has 0 spiro atoms. The Balaban J connectivity index is 0.00000220. The van der Waals surface area contributed by atoms with E-state index in [0.29, 0.717) is 32.5 Å². The number of amides is 2. The molecule has 2 rings (SSSR count). The summed E-state index contributed by atoms with van der Waals surface area (Å²) in [7, 11) is 0. The summed E-state index contributed by atoms with van der Waals surface area (Å²) in [5.74, 6) is -0.0396. The van der Waals surface area contributed by atoms with E-state index >= 15 is 0 Å². The van der Waals surface area contributed by atoms with Gasteiger partial charge in [-0.3, -0.25) is 9.59 Å². The van der Waals surface area contributed by atoms with Crippen LogP contribution in [0.3, 0.4) is 0 Å². The Morgan fingerprint density at radius 2 is 1.86 bits per heavy atom. The third-order valence-corrected chi connectivity index (χ3v) is 3.47. The number of nitrogens with two attached hydrogens (primary N) is 1. The minimum atomic E-state index is -0.501. The van der Waals surface area contributed by atoms with Crippen LogP contribution in [0.25, 0.3) is 0 Å². The summed E-state index contributed by atoms with van der Waals surface area (Å²) < 4.78 is 0. The third-order valence-electron chi connectivity index (χ3n) is 3.47. The van der Waals surface area contributed by atoms with Crippen LogP contribution < -0.4 is 11.1 Å². The maximum atomic E-state index is 12.1. The maximum absolute atomic E-state index is 12.1. The van der Waals surface area contributed by atoms with Gasteiger partial charge in [-0.25, -0.2) is 0 Å². The second kappa shape index (κ2) is 8.00. The predicted molar refractivity (Wildman–Crippen MR) is 83.8 cm³/mol. The van der Waals surface area contributed by atoms with Gasteiger partial charge in [0.05, 0.1) is 6.04 Å². The van der Waals surface area contributed by atoms with Crippen molar-refractivity contribution in [2.45, 2.75) is 38.9 Å². The lowest BCUT2D eigenvalue weighted by Gasteiger charge is -2.15. The van der Waals surface area contributed by atoms with Gasteiger partial charge in [-0.1, -0.05) is 24.3 Å². The molecule has 2 amide bonds. The summed E-state index contributed by atoms with van der Waals surface area (Å²) in [5.41, 5.74) is 7.89. The van der Waals surface area contributed by atoms with Crippen LogP contribution in [0.1, 0.15) is 30.9 Å². The van der Waals surface area contributed by atoms with Gasteiger partial charge in [-0.2, -0.15) is 0 Å². The molecule has 1 aromatic rings. The zero-order chi connectivity index (χ0) is 14.5. The minimum absolute atomic E-state index is 0. The number of nitrogens with zero attached hydrogens (tertiary/aromatic N) is 1. The van der Waals surface area contributed by atoms with E-state index in [2.05, 4.69) is 17.4 Å². The van der Waals surface area contributed by atoms with E-state index in [1.54, 1.807) is 6.92 Å². The molecule has 3 N–H and O–H groups in total. The Bertz CT molecular complexity index is 480. The molecular weight excluding hydrogens is 290 g/mol. The van der Waals surface area contributed by atoms with Gasteiger partial charge in [0.1, 0.15) is 0 Å². The number of nitrogens with one attached hydrogen (secondary N) is 1. The molecule has 0 unspecified atom stereocenters. The summed E-state index contributed by atoms with van der Waals surface area (Å²) >= 11 is 0. The van der Waals surface area contributed by atoms with Crippen LogP contribution in [0.5, 0.6) is 0 Å². The van der Waals surface area contributed by atoms with Crippen molar-refractivity contribution in [3.05, 3.63) is 35.4 Å². The Kier molecular flexibility index (Phi) is 6.65. The first-order valence-corrected chi connectivity index (χ1v) is 6.96. The van der Waals surface area contributed by atoms with E-state index < -0.39 is 6.04 Å². The molecule has 5 nitrogen and oxygen atoms in total. The molecule has 0 saturated heterocycles. The summed E-state index contributed by atoms with van der Waals surface area (Å²) in [5, 5.41) is 2.71. The number of benzene rings is 1. The van der Waals surface area contributed by atoms with Crippen LogP contribution in [0.2, 0.25) is 0 Å². The first kappa shape index (κ1) is 17.5. The zero-order valence-corrected chi connectivity index (χ0v) is 13.0. The molecule has 0 saturated carbocycles. The van der Waals surface area contributed by atoms with Crippen LogP contribution in [0.4, 0.5) is 0 Å². The van der Waals surface area contributed by atoms with Gasteiger partial charge in [-0.05, 0) is 24.5 Å². The molecule has 0 aliphatic carbocycles. The lowest BCUT2D eigenvalue weighted by atomic mass is 10.1. The van der Waals surface area contributed by atoms with Crippen molar-refractivity contribution < 1.29 is 9.59 Å². The fraction of sp³-hybridized carbons (Fsp3) is 0.467. The number of hydrogen-bond acceptors (Lipinski definition) is 3. The number of rotatable bonds is 5. The van der Waals surface area contributed by atoms with Crippen LogP contribution >= 0.6 is 12.4 Å². The minimum Gasteiger partial charge on any atom is -0.355 e. The average Bonchev–Trinajstić information content (AvgIpc) is 2.86. The monoisotopic (exact) mass is 311 g/mol. The smallest absolute Gasteiger partial charge is 0.236 e. The van der Waals surface area contributed by atoms with Crippen LogP contribution in [-0.2, 0) is 22.7 Å². The fourth-order valence-electron chi connectivity index (χ4n) is 2.28. The zero-order valence-electron chi connectivity index (χ0n) is 12.2. The van der Waals surface area contributed by atoms with Crippen molar-refractivity contribution in [1.82, 2.24) is 10.2 Å². The van der Waals surface area contributed by atoms with E-state index in [1.165, 1.54) is 11.1 Å². The molecule has 1 aromatic carbocycles. The second-order valence-electron chi connectivity index (χ2n) is 5.20. The Morgan fingerprint density at radius 3 is 2.38 bits per heavy atom. The van der Waals surface area contributed by atoms with Gasteiger partial charge >= 0.3 is 0 Å². The first-order valence-electron chi connectivity index (χ1n) is 6.96. The Hall–Kier alpha value is -1.59. The molecular formula is C15H22ClN3O2. The van der Waals surface area contributed by atoms with Crippen molar-refractivity contribution >= 4 is 24.2 Å². The number of carbonyl (C=O) groups excluding carboxylic acids is 2. The molecule has 0 bridgehead atoms. The molecule has 0 aromatic heterocycles. The number of hydrogen-bond donors (Lipinski definition) is 2. The van der Waals surface area contributed by atoms with E-state index in [-0.39, 0.29) is 24.2 Å². The second-order valence-corrected chi connectivity index (χ2v) is 5.20. The van der Waals surface area contributed by atoms with E-state index in [4.69, 9.17) is 5.73 Å². The molecule has 21 heavy (non-hydrogen) atoms. The lowest BCUT2D eigenvalue weighted by molar-refractivity contribution is -0.132. The summed E-state index contributed by atoms with van der Waals surface area (Å²) in [4.78, 5) is 25.2. The molecule has 1 aliphatic heterocycles. The SMILES string of the molecule is C[C@H](N)C(=O)NCCCC(=O)N1Cc2ccccc2C1.Cl. The molecule has 0 radical (unpaired) electrons. The summed E-state index contributed by atoms with van der Waals surface area (Å²) in [6, 6.07) is 7.61. The highest BCUT2D eigenvalue weighted by Crippen LogP contribution is 2.22. The molecule has 1 heterocycles. The number of carbonyl (C=O) groups is 2. The Morgan fingerprint density at radius 1 is 1.29 bits per heavy atom. The maximum Gasteiger partial charge on any atom is 0.236 e. The summed E-state index contributed by atoms with van der Waals surface area (Å²) in [6.45, 7) is 3.53. The predicted octanol–water partition coefficient (Wildman–Crippen LogP) is 1.19. The highest BCUT2D eigenvalue weighted by molar-refractivity contribution is 5.85. The third kappa shape index (κ3) is 4.72. The largest absolute Gasteiger partial charge is 0.355 e. The molecule has 0 fully saturated rings. The van der Waals surface area contributed by atoms with E-state index in [9.17, 15) is 9.59 Å². The lowest BCUT2D eigenvalue weighted by Crippen LogP contribution is -2.39. The summed E-state index contributed by atoms with van der Waals surface area (Å²) in [6.07, 6.45) is 1.09. The van der Waals surface area contributed by atoms with Gasteiger partial charge in [0, 0.05) is 26.1 Å². The van der Waals surface area contributed by atoms with Gasteiger partial charge in [0.25, 0.3) is 0 Å². The highest BCUT2D eigenvalue weighted by Gasteiger charge is 2.22. The fourth-order valence-corrected chi connectivity index (χ4v) is 2.28. The van der Waals surface area contributed by atoms with E-state index in [0.717, 1.165) is 0 Å². The normalized spacial score (nSPS) is 14.1. The van der Waals surface area contributed by atoms with Crippen molar-refractivity contribution in [1.29, 1.82) is 0 Å². The van der Waals surface area contributed by atoms with Gasteiger partial charge in [0.2, 0.25) is 11.8 Å². The quantitative estimate of drug-likeness (QED) is 0.802. The van der Waals surface area contributed by atoms with Crippen molar-refractivity contribution in [3.63, 3.8) is 0 Å². The average molecular weight is 312 g/mol. The number of halogens is 1. The van der Waals surface area contributed by atoms with Crippen LogP contribution in [-0.4, -0.2) is 29.3 Å². The molecule has 6 heteroatoms. The van der Waals surface area contributed by atoms with E-state index in [1.807, 2.05) is 17.0 Å². The number of fused-ring (bicyclic) bond motifs is 1. The van der Waals surface area contributed by atoms with Crippen LogP contribution in [0, 0.1) is 0 Å². The molecule has 1 atom stereocenters. The Labute approximate surface area is 131 Å². The van der Waals surface area contributed by atoms with Crippen molar-refractivity contribution in [3.8, 4) is 0 Å². The topological polar surface area (TPSA) is 75.4 Å². The molecule has 116 valence electrons. The van der Waals surface area contributed by atoms with Gasteiger partial charge < -0.3 is 16.0 Å². The standard InChI is InChI=1S/C15H21N3O2.ClH/c1-11(16)15(20)17-8-4-7-14(19)18-9-12-5-2-3-6-13(12)10-18;/h2-3,5-6,11H,4,7-10,16H2,1H3,(H,17,20);1H/t11-;/m0./s1. The highest BCUT2D eigenvalue weighted by atomic mass is 35.5. The van der Waals surface area contributed by atoms with Crippen molar-refractivity contribution in [2.24, 2.45) is 5.73 Å². The van der Waals surface area contributed by atoms with Gasteiger partial charge in [-0.15, -0.1) is 12.4 Å². The first-order chi connectivity index (χ1) is 9.58. The van der Waals surface area contributed by atoms with Gasteiger partial charge in [0.15, 0.2) is 0 Å². The van der Waals surface area contributed by atoms with Crippen LogP contribution in [0.15, 0.2) is 24.3 Å².